The fourth-order valence-corrected chi connectivity index (χ4v) is 7.38. The third kappa shape index (κ3) is 5.45. The van der Waals surface area contributed by atoms with E-state index in [4.69, 9.17) is 18.9 Å². The number of carbonyl (C=O) groups is 2. The Hall–Kier alpha value is -3.00. The van der Waals surface area contributed by atoms with Crippen molar-refractivity contribution in [3.8, 4) is 0 Å². The molecule has 2 aliphatic heterocycles. The Morgan fingerprint density at radius 3 is 2.58 bits per heavy atom. The summed E-state index contributed by atoms with van der Waals surface area (Å²) in [6.07, 6.45) is 3.11. The van der Waals surface area contributed by atoms with E-state index < -0.39 is 72.1 Å². The van der Waals surface area contributed by atoms with Crippen LogP contribution in [0.3, 0.4) is 0 Å². The zero-order valence-corrected chi connectivity index (χ0v) is 24.1. The Kier molecular flexibility index (Phi) is 9.17. The predicted octanol–water partition coefficient (Wildman–Crippen LogP) is -0.535. The number of aliphatic hydroxyl groups excluding tert-OH is 4. The van der Waals surface area contributed by atoms with Crippen molar-refractivity contribution >= 4 is 23.8 Å². The highest BCUT2D eigenvalue weighted by molar-refractivity contribution is 5.90. The first-order chi connectivity index (χ1) is 20.6. The molecule has 1 aromatic heterocycles. The number of esters is 1. The number of nitrogens with zero attached hydrogens (tertiary/aromatic N) is 1. The van der Waals surface area contributed by atoms with E-state index in [1.165, 1.54) is 7.11 Å². The standard InChI is InChI=1S/C31H40NO11/c1-3-18-19(13-23(35)36)20(28(39)40-2)15-30(9-4-5-10-30)27(18)42-29-25(37)26(38)31(22(16-34)41-29)14-17-8-11-32-24(17)21(43-31)7-6-12-33/h3,8,11,14-15,18-19,22,25-27,29,33-34,37-38H,1,4-7,9-10,12-13,16H2,2H3,(H,35,36)/q-1/t18-,19+,22-,25-,26-,27+,29+,31-/m1/s1. The number of carboxylic acids is 1. The fraction of sp³-hybridized carbons (Fsp3) is 0.613. The van der Waals surface area contributed by atoms with Gasteiger partial charge in [-0.3, -0.25) is 4.79 Å². The third-order valence-electron chi connectivity index (χ3n) is 9.40. The molecule has 1 saturated carbocycles. The lowest BCUT2D eigenvalue weighted by molar-refractivity contribution is -0.335. The van der Waals surface area contributed by atoms with Crippen molar-refractivity contribution in [2.75, 3.05) is 20.3 Å². The first kappa shape index (κ1) is 31.4. The van der Waals surface area contributed by atoms with Crippen molar-refractivity contribution in [1.29, 1.82) is 0 Å². The lowest BCUT2D eigenvalue weighted by Crippen LogP contribution is -2.69. The van der Waals surface area contributed by atoms with Crippen molar-refractivity contribution in [1.82, 2.24) is 4.98 Å². The van der Waals surface area contributed by atoms with Gasteiger partial charge in [-0.25, -0.2) is 4.79 Å². The second-order valence-electron chi connectivity index (χ2n) is 11.8. The van der Waals surface area contributed by atoms with Crippen molar-refractivity contribution in [3.63, 3.8) is 0 Å². The van der Waals surface area contributed by atoms with E-state index in [1.54, 1.807) is 30.5 Å². The van der Waals surface area contributed by atoms with Gasteiger partial charge in [-0.15, -0.1) is 6.58 Å². The normalized spacial score (nSPS) is 34.7. The van der Waals surface area contributed by atoms with E-state index in [9.17, 15) is 35.1 Å². The molecular weight excluding hydrogens is 562 g/mol. The highest BCUT2D eigenvalue weighted by Crippen LogP contribution is 2.54. The van der Waals surface area contributed by atoms with Crippen molar-refractivity contribution in [2.45, 2.75) is 81.3 Å². The van der Waals surface area contributed by atoms with Crippen LogP contribution in [0.5, 0.6) is 0 Å². The Labute approximate surface area is 248 Å². The SMILES string of the molecule is C=C[C@@H]1[C@H](CC(=O)O)C(C(=O)OC)=CC2(CCCC2)[C@H]1O[C@@H]1O[C@H](CO)[C@]2(C=c3cc[n-]c3=C(CCCO)O2)[C@H](O)[C@H]1O. The summed E-state index contributed by atoms with van der Waals surface area (Å²) >= 11 is 0. The van der Waals surface area contributed by atoms with Gasteiger partial charge in [-0.1, -0.05) is 36.4 Å². The zero-order valence-electron chi connectivity index (χ0n) is 24.1. The second kappa shape index (κ2) is 12.5. The van der Waals surface area contributed by atoms with E-state index >= 15 is 0 Å². The Morgan fingerprint density at radius 1 is 1.21 bits per heavy atom. The van der Waals surface area contributed by atoms with Crippen LogP contribution in [-0.2, 0) is 28.5 Å². The number of aliphatic hydroxyl groups is 4. The maximum absolute atomic E-state index is 12.8. The highest BCUT2D eigenvalue weighted by atomic mass is 16.7. The van der Waals surface area contributed by atoms with Crippen molar-refractivity contribution in [3.05, 3.63) is 47.1 Å². The molecule has 3 heterocycles. The number of aliphatic carboxylic acids is 1. The lowest BCUT2D eigenvalue weighted by atomic mass is 9.62. The van der Waals surface area contributed by atoms with E-state index in [-0.39, 0.29) is 18.6 Å². The largest absolute Gasteiger partial charge is 0.661 e. The molecule has 2 aliphatic carbocycles. The van der Waals surface area contributed by atoms with E-state index in [1.807, 2.05) is 0 Å². The first-order valence-corrected chi connectivity index (χ1v) is 14.7. The molecule has 5 rings (SSSR count). The van der Waals surface area contributed by atoms with E-state index in [0.717, 1.165) is 12.8 Å². The molecule has 12 nitrogen and oxygen atoms in total. The fourth-order valence-electron chi connectivity index (χ4n) is 7.38. The Morgan fingerprint density at radius 2 is 1.95 bits per heavy atom. The minimum Gasteiger partial charge on any atom is -0.661 e. The lowest BCUT2D eigenvalue weighted by Gasteiger charge is -2.53. The van der Waals surface area contributed by atoms with Crippen LogP contribution in [0.15, 0.2) is 36.6 Å². The summed E-state index contributed by atoms with van der Waals surface area (Å²) in [5.74, 6) is -2.82. The predicted molar refractivity (Wildman–Crippen MR) is 150 cm³/mol. The molecule has 0 amide bonds. The monoisotopic (exact) mass is 602 g/mol. The van der Waals surface area contributed by atoms with Gasteiger partial charge in [0.15, 0.2) is 11.9 Å². The van der Waals surface area contributed by atoms with Gasteiger partial charge in [0.05, 0.1) is 32.0 Å². The number of carbonyl (C=O) groups excluding carboxylic acids is 1. The number of carboxylic acid groups (broad SMARTS) is 1. The maximum atomic E-state index is 12.8. The van der Waals surface area contributed by atoms with Crippen LogP contribution < -0.4 is 15.6 Å². The minimum atomic E-state index is -1.68. The molecule has 0 bridgehead atoms. The van der Waals surface area contributed by atoms with Gasteiger partial charge < -0.3 is 49.5 Å². The maximum Gasteiger partial charge on any atom is 0.333 e. The molecule has 1 aromatic rings. The molecular formula is C31H40NO11-. The smallest absolute Gasteiger partial charge is 0.333 e. The zero-order chi connectivity index (χ0) is 30.9. The first-order valence-electron chi connectivity index (χ1n) is 14.7. The molecule has 2 fully saturated rings. The molecule has 0 unspecified atom stereocenters. The van der Waals surface area contributed by atoms with Crippen molar-refractivity contribution in [2.24, 2.45) is 17.3 Å². The quantitative estimate of drug-likeness (QED) is 0.170. The molecule has 236 valence electrons. The summed E-state index contributed by atoms with van der Waals surface area (Å²) < 4.78 is 24.0. The molecule has 8 atom stereocenters. The summed E-state index contributed by atoms with van der Waals surface area (Å²) in [6, 6.07) is 1.73. The van der Waals surface area contributed by atoms with Crippen LogP contribution >= 0.6 is 0 Å². The second-order valence-corrected chi connectivity index (χ2v) is 11.8. The number of aromatic nitrogens is 1. The van der Waals surface area contributed by atoms with Gasteiger partial charge in [0.1, 0.15) is 18.3 Å². The number of hydrogen-bond donors (Lipinski definition) is 5. The van der Waals surface area contributed by atoms with E-state index in [0.29, 0.717) is 42.0 Å². The third-order valence-corrected chi connectivity index (χ3v) is 9.40. The van der Waals surface area contributed by atoms with Gasteiger partial charge in [0.25, 0.3) is 0 Å². The average molecular weight is 603 g/mol. The van der Waals surface area contributed by atoms with Gasteiger partial charge in [0.2, 0.25) is 0 Å². The van der Waals surface area contributed by atoms with Gasteiger partial charge in [0, 0.05) is 35.9 Å². The van der Waals surface area contributed by atoms with Crippen LogP contribution in [0, 0.1) is 17.3 Å². The average Bonchev–Trinajstić information content (AvgIpc) is 3.67. The van der Waals surface area contributed by atoms with Gasteiger partial charge in [-0.05, 0) is 30.6 Å². The Bertz CT molecular complexity index is 1360. The highest BCUT2D eigenvalue weighted by Gasteiger charge is 2.60. The number of fused-ring (bicyclic) bond motifs is 1. The summed E-state index contributed by atoms with van der Waals surface area (Å²) in [7, 11) is 1.25. The van der Waals surface area contributed by atoms with E-state index in [2.05, 4.69) is 11.6 Å². The van der Waals surface area contributed by atoms with Crippen LogP contribution in [-0.4, -0.2) is 94.1 Å². The summed E-state index contributed by atoms with van der Waals surface area (Å²) in [5, 5.41) is 53.9. The molecule has 1 saturated heterocycles. The molecule has 43 heavy (non-hydrogen) atoms. The summed E-state index contributed by atoms with van der Waals surface area (Å²) in [4.78, 5) is 29.1. The number of ether oxygens (including phenoxy) is 4. The molecule has 2 spiro atoms. The number of methoxy groups -OCH3 is 1. The molecule has 4 aliphatic rings. The van der Waals surface area contributed by atoms with Crippen LogP contribution in [0.1, 0.15) is 44.9 Å². The summed E-state index contributed by atoms with van der Waals surface area (Å²) in [6.45, 7) is 3.26. The molecule has 0 aromatic carbocycles. The van der Waals surface area contributed by atoms with Crippen LogP contribution in [0.25, 0.3) is 11.8 Å². The van der Waals surface area contributed by atoms with Crippen LogP contribution in [0.4, 0.5) is 0 Å². The van der Waals surface area contributed by atoms with Crippen LogP contribution in [0.2, 0.25) is 0 Å². The molecule has 12 heteroatoms. The van der Waals surface area contributed by atoms with Gasteiger partial charge in [-0.2, -0.15) is 6.20 Å². The summed E-state index contributed by atoms with van der Waals surface area (Å²) in [5.41, 5.74) is -2.13. The molecule has 5 N–H and O–H groups in total. The topological polar surface area (TPSA) is 186 Å². The van der Waals surface area contributed by atoms with Gasteiger partial charge >= 0.3 is 11.9 Å². The number of hydrogen-bond acceptors (Lipinski definition) is 10. The van der Waals surface area contributed by atoms with Crippen molar-refractivity contribution < 1.29 is 54.1 Å². The minimum absolute atomic E-state index is 0.0940. The molecule has 0 radical (unpaired) electrons. The Balaban J connectivity index is 1.50. The number of rotatable bonds is 10.